The van der Waals surface area contributed by atoms with Crippen molar-refractivity contribution in [1.82, 2.24) is 9.62 Å². The maximum atomic E-state index is 13.2. The maximum absolute atomic E-state index is 13.2. The van der Waals surface area contributed by atoms with Gasteiger partial charge in [0.05, 0.1) is 17.0 Å². The predicted octanol–water partition coefficient (Wildman–Crippen LogP) is 2.05. The Kier molecular flexibility index (Phi) is 5.09. The first-order valence-corrected chi connectivity index (χ1v) is 9.84. The van der Waals surface area contributed by atoms with Gasteiger partial charge in [0.2, 0.25) is 15.9 Å². The van der Waals surface area contributed by atoms with Crippen LogP contribution in [0.15, 0.2) is 23.1 Å². The largest absolute Gasteiger partial charge is 0.378 e. The van der Waals surface area contributed by atoms with Crippen molar-refractivity contribution in [2.24, 2.45) is 0 Å². The highest BCUT2D eigenvalue weighted by Crippen LogP contribution is 2.35. The lowest BCUT2D eigenvalue weighted by Crippen LogP contribution is -2.55. The molecular weight excluding hydrogens is 375 g/mol. The van der Waals surface area contributed by atoms with E-state index in [4.69, 9.17) is 27.9 Å². The van der Waals surface area contributed by atoms with E-state index >= 15 is 0 Å². The van der Waals surface area contributed by atoms with E-state index in [-0.39, 0.29) is 20.8 Å². The number of rotatable bonds is 3. The van der Waals surface area contributed by atoms with Gasteiger partial charge in [-0.3, -0.25) is 4.79 Å². The molecule has 24 heavy (non-hydrogen) atoms. The minimum absolute atomic E-state index is 0.0125. The number of hydrogen-bond acceptors (Lipinski definition) is 4. The average Bonchev–Trinajstić information content (AvgIpc) is 2.61. The number of nitrogens with zero attached hydrogens (tertiary/aromatic N) is 1. The summed E-state index contributed by atoms with van der Waals surface area (Å²) in [4.78, 5) is 12.4. The average molecular weight is 393 g/mol. The van der Waals surface area contributed by atoms with E-state index in [0.29, 0.717) is 19.4 Å². The van der Waals surface area contributed by atoms with Crippen LogP contribution in [0.2, 0.25) is 10.0 Å². The number of carbonyl (C=O) groups excluding carboxylic acids is 1. The van der Waals surface area contributed by atoms with Gasteiger partial charge in [-0.15, -0.1) is 0 Å². The highest BCUT2D eigenvalue weighted by Gasteiger charge is 2.48. The first-order chi connectivity index (χ1) is 11.3. The fourth-order valence-electron chi connectivity index (χ4n) is 3.44. The van der Waals surface area contributed by atoms with Crippen LogP contribution in [0.4, 0.5) is 0 Å². The van der Waals surface area contributed by atoms with Crippen molar-refractivity contribution in [3.8, 4) is 0 Å². The molecule has 132 valence electrons. The molecule has 0 aromatic heterocycles. The standard InChI is InChI=1S/C15H18Cl2N2O4S/c1-23-14-8-18-15(20)13-4-2-3-12(14)19(13)24(21,22)11-6-9(16)5-10(17)7-11/h5-7,12-14H,2-4,8H2,1H3,(H,18,20)/t12-,13?,14-/m0/s1. The minimum Gasteiger partial charge on any atom is -0.378 e. The van der Waals surface area contributed by atoms with Gasteiger partial charge in [0.15, 0.2) is 0 Å². The SMILES string of the molecule is CO[C@H]1CNC(=O)C2CCC[C@@H]1N2S(=O)(=O)c1cc(Cl)cc(Cl)c1. The second kappa shape index (κ2) is 6.80. The monoisotopic (exact) mass is 392 g/mol. The van der Waals surface area contributed by atoms with Gasteiger partial charge in [-0.2, -0.15) is 4.31 Å². The number of carbonyl (C=O) groups is 1. The van der Waals surface area contributed by atoms with Gasteiger partial charge in [0, 0.05) is 23.7 Å². The summed E-state index contributed by atoms with van der Waals surface area (Å²) < 4.78 is 33.2. The Morgan fingerprint density at radius 3 is 2.50 bits per heavy atom. The van der Waals surface area contributed by atoms with Gasteiger partial charge in [-0.05, 0) is 37.5 Å². The van der Waals surface area contributed by atoms with Crippen molar-refractivity contribution in [3.05, 3.63) is 28.2 Å². The van der Waals surface area contributed by atoms with Crippen LogP contribution in [-0.2, 0) is 19.6 Å². The zero-order chi connectivity index (χ0) is 17.5. The van der Waals surface area contributed by atoms with E-state index in [1.54, 1.807) is 0 Å². The molecule has 2 saturated heterocycles. The van der Waals surface area contributed by atoms with Crippen molar-refractivity contribution < 1.29 is 17.9 Å². The summed E-state index contributed by atoms with van der Waals surface area (Å²) in [5.74, 6) is -0.295. The number of halogens is 2. The Labute approximate surface area is 151 Å². The van der Waals surface area contributed by atoms with E-state index in [9.17, 15) is 13.2 Å². The molecule has 2 bridgehead atoms. The minimum atomic E-state index is -3.94. The normalized spacial score (nSPS) is 28.3. The summed E-state index contributed by atoms with van der Waals surface area (Å²) >= 11 is 11.9. The Morgan fingerprint density at radius 2 is 1.88 bits per heavy atom. The number of methoxy groups -OCH3 is 1. The third kappa shape index (κ3) is 3.15. The van der Waals surface area contributed by atoms with Crippen molar-refractivity contribution in [1.29, 1.82) is 0 Å². The lowest BCUT2D eigenvalue weighted by atomic mass is 9.96. The topological polar surface area (TPSA) is 75.7 Å². The molecule has 9 heteroatoms. The fraction of sp³-hybridized carbons (Fsp3) is 0.533. The summed E-state index contributed by atoms with van der Waals surface area (Å²) in [6.45, 7) is 0.290. The van der Waals surface area contributed by atoms with Crippen molar-refractivity contribution in [2.45, 2.75) is 42.3 Å². The maximum Gasteiger partial charge on any atom is 0.244 e. The molecule has 0 spiro atoms. The fourth-order valence-corrected chi connectivity index (χ4v) is 6.03. The van der Waals surface area contributed by atoms with E-state index in [1.807, 2.05) is 0 Å². The molecule has 0 saturated carbocycles. The van der Waals surface area contributed by atoms with E-state index < -0.39 is 28.2 Å². The Morgan fingerprint density at radius 1 is 1.21 bits per heavy atom. The number of fused-ring (bicyclic) bond motifs is 2. The number of sulfonamides is 1. The smallest absolute Gasteiger partial charge is 0.244 e. The first kappa shape index (κ1) is 17.9. The second-order valence-corrected chi connectivity index (χ2v) is 8.69. The Balaban J connectivity index is 2.11. The van der Waals surface area contributed by atoms with Crippen LogP contribution in [0.25, 0.3) is 0 Å². The molecular formula is C15H18Cl2N2O4S. The summed E-state index contributed by atoms with van der Waals surface area (Å²) in [5.41, 5.74) is 0. The van der Waals surface area contributed by atoms with E-state index in [1.165, 1.54) is 29.6 Å². The highest BCUT2D eigenvalue weighted by molar-refractivity contribution is 7.89. The quantitative estimate of drug-likeness (QED) is 0.853. The lowest BCUT2D eigenvalue weighted by molar-refractivity contribution is -0.125. The number of hydrogen-bond donors (Lipinski definition) is 1. The van der Waals surface area contributed by atoms with Crippen LogP contribution in [0.3, 0.4) is 0 Å². The number of benzene rings is 1. The third-order valence-electron chi connectivity index (χ3n) is 4.54. The first-order valence-electron chi connectivity index (χ1n) is 7.64. The molecule has 2 aliphatic heterocycles. The molecule has 2 heterocycles. The Hall–Kier alpha value is -0.860. The molecule has 2 aliphatic rings. The van der Waals surface area contributed by atoms with Gasteiger partial charge in [-0.25, -0.2) is 8.42 Å². The zero-order valence-corrected chi connectivity index (χ0v) is 15.4. The molecule has 1 unspecified atom stereocenters. The molecule has 1 aromatic carbocycles. The van der Waals surface area contributed by atoms with Gasteiger partial charge in [0.1, 0.15) is 6.04 Å². The van der Waals surface area contributed by atoms with Crippen LogP contribution in [0.5, 0.6) is 0 Å². The van der Waals surface area contributed by atoms with Gasteiger partial charge < -0.3 is 10.1 Å². The lowest BCUT2D eigenvalue weighted by Gasteiger charge is -2.40. The van der Waals surface area contributed by atoms with Crippen molar-refractivity contribution >= 4 is 39.1 Å². The molecule has 3 atom stereocenters. The van der Waals surface area contributed by atoms with Crippen LogP contribution >= 0.6 is 23.2 Å². The van der Waals surface area contributed by atoms with Gasteiger partial charge in [0.25, 0.3) is 0 Å². The number of ether oxygens (including phenoxy) is 1. The summed E-state index contributed by atoms with van der Waals surface area (Å²) in [5, 5.41) is 3.23. The zero-order valence-electron chi connectivity index (χ0n) is 13.0. The molecule has 0 aliphatic carbocycles. The van der Waals surface area contributed by atoms with Crippen LogP contribution < -0.4 is 5.32 Å². The summed E-state index contributed by atoms with van der Waals surface area (Å²) in [6.07, 6.45) is 1.48. The molecule has 2 fully saturated rings. The molecule has 6 nitrogen and oxygen atoms in total. The van der Waals surface area contributed by atoms with E-state index in [0.717, 1.165) is 6.42 Å². The second-order valence-electron chi connectivity index (χ2n) is 5.97. The number of piperidine rings is 1. The molecule has 1 amide bonds. The van der Waals surface area contributed by atoms with E-state index in [2.05, 4.69) is 5.32 Å². The molecule has 3 rings (SSSR count). The van der Waals surface area contributed by atoms with Gasteiger partial charge >= 0.3 is 0 Å². The predicted molar refractivity (Wildman–Crippen MR) is 90.7 cm³/mol. The summed E-state index contributed by atoms with van der Waals surface area (Å²) in [6, 6.07) is 3.02. The van der Waals surface area contributed by atoms with Gasteiger partial charge in [-0.1, -0.05) is 23.2 Å². The highest BCUT2D eigenvalue weighted by atomic mass is 35.5. The van der Waals surface area contributed by atoms with Crippen molar-refractivity contribution in [2.75, 3.05) is 13.7 Å². The third-order valence-corrected chi connectivity index (χ3v) is 6.88. The van der Waals surface area contributed by atoms with Crippen molar-refractivity contribution in [3.63, 3.8) is 0 Å². The van der Waals surface area contributed by atoms with Crippen LogP contribution in [-0.4, -0.2) is 50.5 Å². The van der Waals surface area contributed by atoms with Crippen LogP contribution in [0.1, 0.15) is 19.3 Å². The molecule has 1 N–H and O–H groups in total. The number of amides is 1. The van der Waals surface area contributed by atoms with Crippen LogP contribution in [0, 0.1) is 0 Å². The molecule has 1 aromatic rings. The number of nitrogens with one attached hydrogen (secondary N) is 1. The summed E-state index contributed by atoms with van der Waals surface area (Å²) in [7, 11) is -2.42. The Bertz CT molecular complexity index is 736. The molecule has 0 radical (unpaired) electrons.